The summed E-state index contributed by atoms with van der Waals surface area (Å²) in [5.74, 6) is 0.710. The maximum absolute atomic E-state index is 13.2. The number of rotatable bonds is 10. The Bertz CT molecular complexity index is 1050. The molecule has 0 heterocycles. The molecule has 168 valence electrons. The van der Waals surface area contributed by atoms with Gasteiger partial charge in [-0.05, 0) is 57.0 Å². The lowest BCUT2D eigenvalue weighted by atomic mass is 10.1. The molecule has 9 heteroatoms. The van der Waals surface area contributed by atoms with Gasteiger partial charge in [0.1, 0.15) is 5.75 Å². The minimum Gasteiger partial charge on any atom is -0.497 e. The summed E-state index contributed by atoms with van der Waals surface area (Å²) in [6.45, 7) is 5.52. The van der Waals surface area contributed by atoms with Crippen molar-refractivity contribution in [3.63, 3.8) is 0 Å². The van der Waals surface area contributed by atoms with Gasteiger partial charge < -0.3 is 4.74 Å². The van der Waals surface area contributed by atoms with Crippen LogP contribution in [0.15, 0.2) is 53.4 Å². The van der Waals surface area contributed by atoms with E-state index < -0.39 is 17.6 Å². The van der Waals surface area contributed by atoms with Crippen molar-refractivity contribution in [1.29, 1.82) is 0 Å². The molecule has 0 amide bonds. The van der Waals surface area contributed by atoms with Crippen molar-refractivity contribution in [2.75, 3.05) is 26.9 Å². The zero-order valence-electron chi connectivity index (χ0n) is 18.2. The standard InChI is InChI=1S/C22H28NO6PS/c1-5-28-30(24,29-6-2)18-17-23(16-15-20-9-11-21(27-4)12-10-20)31(25,26)22-13-7-19(3)8-14-22/h7-14H,5-6,15-16H2,1-4H3. The summed E-state index contributed by atoms with van der Waals surface area (Å²) in [4.78, 5) is 0.102. The molecule has 7 nitrogen and oxygen atoms in total. The van der Waals surface area contributed by atoms with Crippen LogP contribution in [0.25, 0.3) is 0 Å². The van der Waals surface area contributed by atoms with E-state index in [4.69, 9.17) is 13.8 Å². The van der Waals surface area contributed by atoms with E-state index in [2.05, 4.69) is 11.7 Å². The third-order valence-corrected chi connectivity index (χ3v) is 7.57. The molecule has 0 aliphatic carbocycles. The third-order valence-electron chi connectivity index (χ3n) is 4.28. The van der Waals surface area contributed by atoms with E-state index in [0.717, 1.165) is 15.4 Å². The van der Waals surface area contributed by atoms with Crippen LogP contribution in [0.2, 0.25) is 0 Å². The molecule has 0 unspecified atom stereocenters. The van der Waals surface area contributed by atoms with Gasteiger partial charge in [0.25, 0.3) is 10.0 Å². The Labute approximate surface area is 184 Å². The van der Waals surface area contributed by atoms with Gasteiger partial charge in [0.05, 0.1) is 25.2 Å². The third kappa shape index (κ3) is 7.12. The second-order valence-corrected chi connectivity index (χ2v) is 10.1. The zero-order valence-corrected chi connectivity index (χ0v) is 19.9. The Balaban J connectivity index is 2.37. The van der Waals surface area contributed by atoms with Crippen LogP contribution in [-0.4, -0.2) is 39.6 Å². The monoisotopic (exact) mass is 465 g/mol. The topological polar surface area (TPSA) is 82.1 Å². The molecule has 0 radical (unpaired) electrons. The second-order valence-electron chi connectivity index (χ2n) is 6.54. The average Bonchev–Trinajstić information content (AvgIpc) is 2.74. The summed E-state index contributed by atoms with van der Waals surface area (Å²) in [6, 6.07) is 16.3. The summed E-state index contributed by atoms with van der Waals surface area (Å²) in [5, 5.41) is 0. The number of ether oxygens (including phenoxy) is 1. The lowest BCUT2D eigenvalue weighted by Crippen LogP contribution is -2.28. The van der Waals surface area contributed by atoms with Crippen LogP contribution in [0.4, 0.5) is 0 Å². The van der Waals surface area contributed by atoms with Gasteiger partial charge in [-0.3, -0.25) is 9.05 Å². The van der Waals surface area contributed by atoms with Gasteiger partial charge >= 0.3 is 7.60 Å². The molecule has 31 heavy (non-hydrogen) atoms. The summed E-state index contributed by atoms with van der Waals surface area (Å²) < 4.78 is 55.7. The molecule has 0 saturated carbocycles. The maximum Gasteiger partial charge on any atom is 0.407 e. The molecule has 2 aromatic carbocycles. The van der Waals surface area contributed by atoms with Crippen LogP contribution in [0.1, 0.15) is 25.0 Å². The molecule has 0 aliphatic heterocycles. The van der Waals surface area contributed by atoms with Crippen molar-refractivity contribution in [1.82, 2.24) is 4.31 Å². The van der Waals surface area contributed by atoms with Gasteiger partial charge in [-0.25, -0.2) is 17.3 Å². The Hall–Kier alpha value is -2.30. The van der Waals surface area contributed by atoms with Crippen LogP contribution in [0.3, 0.4) is 0 Å². The van der Waals surface area contributed by atoms with Crippen molar-refractivity contribution < 1.29 is 26.8 Å². The minimum absolute atomic E-state index is 0.0633. The SMILES string of the molecule is CCOP(=O)(C#CN(CCc1ccc(OC)cc1)S(=O)(=O)c1ccc(C)cc1)OCC. The van der Waals surface area contributed by atoms with E-state index in [1.165, 1.54) is 12.1 Å². The number of nitrogens with zero attached hydrogens (tertiary/aromatic N) is 1. The van der Waals surface area contributed by atoms with Crippen LogP contribution in [0.5, 0.6) is 5.75 Å². The van der Waals surface area contributed by atoms with Crippen LogP contribution in [-0.2, 0) is 30.1 Å². The normalized spacial score (nSPS) is 11.5. The van der Waals surface area contributed by atoms with Crippen molar-refractivity contribution in [2.24, 2.45) is 0 Å². The summed E-state index contributed by atoms with van der Waals surface area (Å²) in [7, 11) is -6.10. The summed E-state index contributed by atoms with van der Waals surface area (Å²) in [5.41, 5.74) is 4.27. The minimum atomic E-state index is -3.95. The van der Waals surface area contributed by atoms with Crippen LogP contribution >= 0.6 is 7.60 Å². The van der Waals surface area contributed by atoms with Gasteiger partial charge in [-0.1, -0.05) is 29.8 Å². The molecule has 0 fully saturated rings. The van der Waals surface area contributed by atoms with Gasteiger partial charge in [-0.15, -0.1) is 0 Å². The lowest BCUT2D eigenvalue weighted by Gasteiger charge is -2.19. The molecular formula is C22H28NO6PS. The predicted octanol–water partition coefficient (Wildman–Crippen LogP) is 4.42. The van der Waals surface area contributed by atoms with E-state index >= 15 is 0 Å². The van der Waals surface area contributed by atoms with E-state index in [1.807, 2.05) is 19.1 Å². The van der Waals surface area contributed by atoms with Gasteiger partial charge in [-0.2, -0.15) is 0 Å². The maximum atomic E-state index is 13.2. The highest BCUT2D eigenvalue weighted by molar-refractivity contribution is 7.89. The highest BCUT2D eigenvalue weighted by Gasteiger charge is 2.25. The van der Waals surface area contributed by atoms with Crippen LogP contribution < -0.4 is 4.74 Å². The molecule has 2 aromatic rings. The first-order chi connectivity index (χ1) is 14.7. The first-order valence-corrected chi connectivity index (χ1v) is 12.9. The van der Waals surface area contributed by atoms with E-state index in [-0.39, 0.29) is 24.7 Å². The number of sulfonamides is 1. The fraction of sp³-hybridized carbons (Fsp3) is 0.364. The highest BCUT2D eigenvalue weighted by atomic mass is 32.2. The quantitative estimate of drug-likeness (QED) is 0.294. The lowest BCUT2D eigenvalue weighted by molar-refractivity contribution is 0.230. The average molecular weight is 466 g/mol. The molecule has 0 N–H and O–H groups in total. The Morgan fingerprint density at radius 1 is 0.968 bits per heavy atom. The van der Waals surface area contributed by atoms with Crippen molar-refractivity contribution in [2.45, 2.75) is 32.1 Å². The van der Waals surface area contributed by atoms with E-state index in [0.29, 0.717) is 12.2 Å². The van der Waals surface area contributed by atoms with Gasteiger partial charge in [0.2, 0.25) is 0 Å². The fourth-order valence-electron chi connectivity index (χ4n) is 2.66. The molecule has 0 spiro atoms. The highest BCUT2D eigenvalue weighted by Crippen LogP contribution is 2.46. The molecule has 2 rings (SSSR count). The van der Waals surface area contributed by atoms with E-state index in [1.54, 1.807) is 45.2 Å². The molecular weight excluding hydrogens is 437 g/mol. The van der Waals surface area contributed by atoms with Gasteiger partial charge in [0.15, 0.2) is 0 Å². The first kappa shape index (κ1) is 25.0. The summed E-state index contributed by atoms with van der Waals surface area (Å²) in [6.07, 6.45) is 0.400. The number of hydrogen-bond acceptors (Lipinski definition) is 6. The molecule has 0 bridgehead atoms. The number of aryl methyl sites for hydroxylation is 1. The Kier molecular flexibility index (Phi) is 9.15. The molecule has 0 saturated heterocycles. The Morgan fingerprint density at radius 3 is 2.06 bits per heavy atom. The second kappa shape index (κ2) is 11.4. The zero-order chi connectivity index (χ0) is 22.9. The smallest absolute Gasteiger partial charge is 0.407 e. The first-order valence-electron chi connectivity index (χ1n) is 9.88. The van der Waals surface area contributed by atoms with Crippen molar-refractivity contribution in [3.8, 4) is 17.5 Å². The van der Waals surface area contributed by atoms with Crippen molar-refractivity contribution in [3.05, 3.63) is 59.7 Å². The van der Waals surface area contributed by atoms with Crippen LogP contribution in [0, 0.1) is 18.6 Å². The van der Waals surface area contributed by atoms with E-state index in [9.17, 15) is 13.0 Å². The largest absolute Gasteiger partial charge is 0.497 e. The van der Waals surface area contributed by atoms with Crippen molar-refractivity contribution >= 4 is 17.6 Å². The molecule has 0 atom stereocenters. The van der Waals surface area contributed by atoms with Gasteiger partial charge in [0, 0.05) is 18.3 Å². The number of benzene rings is 2. The number of methoxy groups -OCH3 is 1. The number of hydrogen-bond donors (Lipinski definition) is 0. The Morgan fingerprint density at radius 2 is 1.55 bits per heavy atom. The molecule has 0 aliphatic rings. The summed E-state index contributed by atoms with van der Waals surface area (Å²) >= 11 is 0. The predicted molar refractivity (Wildman–Crippen MR) is 120 cm³/mol. The molecule has 0 aromatic heterocycles. The fourth-order valence-corrected chi connectivity index (χ4v) is 5.08.